The van der Waals surface area contributed by atoms with Gasteiger partial charge in [0.15, 0.2) is 0 Å². The zero-order chi connectivity index (χ0) is 13.7. The van der Waals surface area contributed by atoms with E-state index in [1.807, 2.05) is 24.8 Å². The number of carbonyl (C=O) groups is 1. The SMILES string of the molecule is CCC(C(=O)O)N(C)C(C)Cc1cccc(F)c1. The molecule has 0 aliphatic carbocycles. The largest absolute Gasteiger partial charge is 0.480 e. The number of halogens is 1. The molecule has 3 nitrogen and oxygen atoms in total. The first-order valence-corrected chi connectivity index (χ1v) is 6.14. The summed E-state index contributed by atoms with van der Waals surface area (Å²) in [5.41, 5.74) is 0.884. The fraction of sp³-hybridized carbons (Fsp3) is 0.500. The maximum atomic E-state index is 13.1. The smallest absolute Gasteiger partial charge is 0.320 e. The minimum atomic E-state index is -0.814. The lowest BCUT2D eigenvalue weighted by Crippen LogP contribution is -2.44. The highest BCUT2D eigenvalue weighted by Crippen LogP contribution is 2.13. The van der Waals surface area contributed by atoms with Gasteiger partial charge in [-0.2, -0.15) is 0 Å². The normalized spacial score (nSPS) is 14.5. The van der Waals surface area contributed by atoms with Gasteiger partial charge >= 0.3 is 5.97 Å². The molecule has 2 unspecified atom stereocenters. The van der Waals surface area contributed by atoms with Crippen molar-refractivity contribution in [3.8, 4) is 0 Å². The number of carboxylic acid groups (broad SMARTS) is 1. The van der Waals surface area contributed by atoms with Gasteiger partial charge in [0.1, 0.15) is 11.9 Å². The van der Waals surface area contributed by atoms with E-state index in [1.165, 1.54) is 12.1 Å². The van der Waals surface area contributed by atoms with Gasteiger partial charge in [0.25, 0.3) is 0 Å². The Morgan fingerprint density at radius 2 is 2.17 bits per heavy atom. The lowest BCUT2D eigenvalue weighted by molar-refractivity contribution is -0.143. The molecule has 1 aromatic carbocycles. The van der Waals surface area contributed by atoms with E-state index in [-0.39, 0.29) is 11.9 Å². The van der Waals surface area contributed by atoms with Gasteiger partial charge in [0.2, 0.25) is 0 Å². The van der Waals surface area contributed by atoms with Gasteiger partial charge in [-0.05, 0) is 44.5 Å². The Balaban J connectivity index is 2.70. The summed E-state index contributed by atoms with van der Waals surface area (Å²) < 4.78 is 13.1. The van der Waals surface area contributed by atoms with Crippen LogP contribution in [0.2, 0.25) is 0 Å². The zero-order valence-corrected chi connectivity index (χ0v) is 11.1. The third-order valence-corrected chi connectivity index (χ3v) is 3.28. The van der Waals surface area contributed by atoms with E-state index in [2.05, 4.69) is 0 Å². The van der Waals surface area contributed by atoms with Crippen molar-refractivity contribution in [1.82, 2.24) is 4.90 Å². The van der Waals surface area contributed by atoms with E-state index in [0.29, 0.717) is 12.8 Å². The average molecular weight is 253 g/mol. The fourth-order valence-corrected chi connectivity index (χ4v) is 2.09. The van der Waals surface area contributed by atoms with Gasteiger partial charge < -0.3 is 5.11 Å². The molecule has 0 heterocycles. The number of carboxylic acids is 1. The van der Waals surface area contributed by atoms with Crippen molar-refractivity contribution in [1.29, 1.82) is 0 Å². The highest BCUT2D eigenvalue weighted by Gasteiger charge is 2.24. The van der Waals surface area contributed by atoms with Crippen LogP contribution in [0.3, 0.4) is 0 Å². The molecule has 100 valence electrons. The van der Waals surface area contributed by atoms with Crippen molar-refractivity contribution < 1.29 is 14.3 Å². The standard InChI is InChI=1S/C14H20FNO2/c1-4-13(14(17)18)16(3)10(2)8-11-6-5-7-12(15)9-11/h5-7,9-10,13H,4,8H2,1-3H3,(H,17,18). The summed E-state index contributed by atoms with van der Waals surface area (Å²) >= 11 is 0. The van der Waals surface area contributed by atoms with Crippen molar-refractivity contribution in [3.63, 3.8) is 0 Å². The van der Waals surface area contributed by atoms with Crippen LogP contribution in [0.15, 0.2) is 24.3 Å². The summed E-state index contributed by atoms with van der Waals surface area (Å²) in [4.78, 5) is 12.9. The van der Waals surface area contributed by atoms with Gasteiger partial charge in [-0.25, -0.2) is 4.39 Å². The third kappa shape index (κ3) is 3.81. The van der Waals surface area contributed by atoms with Gasteiger partial charge in [-0.1, -0.05) is 19.1 Å². The van der Waals surface area contributed by atoms with Gasteiger partial charge in [0.05, 0.1) is 0 Å². The predicted octanol–water partition coefficient (Wildman–Crippen LogP) is 2.55. The second kappa shape index (κ2) is 6.50. The predicted molar refractivity (Wildman–Crippen MR) is 69.0 cm³/mol. The van der Waals surface area contributed by atoms with Crippen LogP contribution in [0.4, 0.5) is 4.39 Å². The number of aliphatic carboxylic acids is 1. The van der Waals surface area contributed by atoms with Gasteiger partial charge in [0, 0.05) is 6.04 Å². The first-order chi connectivity index (χ1) is 8.45. The molecule has 4 heteroatoms. The molecule has 0 aliphatic rings. The highest BCUT2D eigenvalue weighted by molar-refractivity contribution is 5.73. The molecule has 0 aliphatic heterocycles. The van der Waals surface area contributed by atoms with E-state index in [4.69, 9.17) is 5.11 Å². The number of rotatable bonds is 6. The van der Waals surface area contributed by atoms with E-state index in [9.17, 15) is 9.18 Å². The van der Waals surface area contributed by atoms with Crippen LogP contribution in [0, 0.1) is 5.82 Å². The van der Waals surface area contributed by atoms with E-state index in [1.54, 1.807) is 13.1 Å². The molecule has 0 fully saturated rings. The van der Waals surface area contributed by atoms with Crippen molar-refractivity contribution in [2.45, 2.75) is 38.8 Å². The third-order valence-electron chi connectivity index (χ3n) is 3.28. The van der Waals surface area contributed by atoms with Crippen LogP contribution in [0.1, 0.15) is 25.8 Å². The molecular formula is C14H20FNO2. The van der Waals surface area contributed by atoms with Gasteiger partial charge in [-0.3, -0.25) is 9.69 Å². The minimum absolute atomic E-state index is 0.0489. The molecule has 1 rings (SSSR count). The van der Waals surface area contributed by atoms with Crippen LogP contribution in [-0.4, -0.2) is 35.1 Å². The summed E-state index contributed by atoms with van der Waals surface area (Å²) in [5, 5.41) is 9.10. The molecule has 0 radical (unpaired) electrons. The molecule has 0 saturated heterocycles. The van der Waals surface area contributed by atoms with E-state index < -0.39 is 12.0 Å². The molecule has 0 saturated carbocycles. The van der Waals surface area contributed by atoms with E-state index in [0.717, 1.165) is 5.56 Å². The molecule has 18 heavy (non-hydrogen) atoms. The van der Waals surface area contributed by atoms with Crippen LogP contribution < -0.4 is 0 Å². The van der Waals surface area contributed by atoms with Crippen LogP contribution in [0.25, 0.3) is 0 Å². The lowest BCUT2D eigenvalue weighted by atomic mass is 10.0. The first kappa shape index (κ1) is 14.6. The molecule has 0 spiro atoms. The molecule has 1 N–H and O–H groups in total. The lowest BCUT2D eigenvalue weighted by Gasteiger charge is -2.30. The molecule has 1 aromatic rings. The maximum absolute atomic E-state index is 13.1. The Kier molecular flexibility index (Phi) is 5.28. The number of hydrogen-bond donors (Lipinski definition) is 1. The van der Waals surface area contributed by atoms with Gasteiger partial charge in [-0.15, -0.1) is 0 Å². The summed E-state index contributed by atoms with van der Waals surface area (Å²) in [6.07, 6.45) is 1.19. The Labute approximate surface area is 107 Å². The minimum Gasteiger partial charge on any atom is -0.480 e. The van der Waals surface area contributed by atoms with E-state index >= 15 is 0 Å². The zero-order valence-electron chi connectivity index (χ0n) is 11.1. The Morgan fingerprint density at radius 1 is 1.50 bits per heavy atom. The topological polar surface area (TPSA) is 40.5 Å². The summed E-state index contributed by atoms with van der Waals surface area (Å²) in [6, 6.07) is 5.98. The van der Waals surface area contributed by atoms with Crippen LogP contribution in [-0.2, 0) is 11.2 Å². The molecular weight excluding hydrogens is 233 g/mol. The molecule has 0 amide bonds. The monoisotopic (exact) mass is 253 g/mol. The van der Waals surface area contributed by atoms with Crippen LogP contribution in [0.5, 0.6) is 0 Å². The first-order valence-electron chi connectivity index (χ1n) is 6.14. The molecule has 2 atom stereocenters. The number of benzene rings is 1. The maximum Gasteiger partial charge on any atom is 0.320 e. The molecule has 0 bridgehead atoms. The summed E-state index contributed by atoms with van der Waals surface area (Å²) in [7, 11) is 1.80. The Bertz CT molecular complexity index is 409. The number of hydrogen-bond acceptors (Lipinski definition) is 2. The Morgan fingerprint density at radius 3 is 2.67 bits per heavy atom. The highest BCUT2D eigenvalue weighted by atomic mass is 19.1. The second-order valence-corrected chi connectivity index (χ2v) is 4.61. The quantitative estimate of drug-likeness (QED) is 0.847. The average Bonchev–Trinajstić information content (AvgIpc) is 2.29. The second-order valence-electron chi connectivity index (χ2n) is 4.61. The van der Waals surface area contributed by atoms with Crippen molar-refractivity contribution in [3.05, 3.63) is 35.6 Å². The summed E-state index contributed by atoms with van der Waals surface area (Å²) in [6.45, 7) is 3.81. The molecule has 0 aromatic heterocycles. The van der Waals surface area contributed by atoms with Crippen LogP contribution >= 0.6 is 0 Å². The van der Waals surface area contributed by atoms with Crippen molar-refractivity contribution in [2.75, 3.05) is 7.05 Å². The number of nitrogens with zero attached hydrogens (tertiary/aromatic N) is 1. The fourth-order valence-electron chi connectivity index (χ4n) is 2.09. The number of likely N-dealkylation sites (N-methyl/N-ethyl adjacent to an activating group) is 1. The Hall–Kier alpha value is -1.42. The summed E-state index contributed by atoms with van der Waals surface area (Å²) in [5.74, 6) is -1.07. The van der Waals surface area contributed by atoms with Crippen molar-refractivity contribution in [2.24, 2.45) is 0 Å². The van der Waals surface area contributed by atoms with Crippen molar-refractivity contribution >= 4 is 5.97 Å².